The maximum absolute atomic E-state index is 13.9. The summed E-state index contributed by atoms with van der Waals surface area (Å²) < 4.78 is 13.9. The Morgan fingerprint density at radius 1 is 1.25 bits per heavy atom. The SMILES string of the molecule is Cc1ccc(C)c(NC(=O)CN2C(=O)S/C(=C\c3c(F)cccc3Cl)C2=O)c1. The van der Waals surface area contributed by atoms with Crippen molar-refractivity contribution >= 4 is 52.2 Å². The Morgan fingerprint density at radius 3 is 2.71 bits per heavy atom. The summed E-state index contributed by atoms with van der Waals surface area (Å²) in [6, 6.07) is 9.73. The van der Waals surface area contributed by atoms with Gasteiger partial charge in [0.2, 0.25) is 5.91 Å². The van der Waals surface area contributed by atoms with Gasteiger partial charge in [-0.1, -0.05) is 29.8 Å². The highest BCUT2D eigenvalue weighted by atomic mass is 35.5. The first-order chi connectivity index (χ1) is 13.3. The molecule has 0 saturated carbocycles. The van der Waals surface area contributed by atoms with Crippen LogP contribution in [-0.4, -0.2) is 28.5 Å². The molecular weight excluding hydrogens is 403 g/mol. The number of carbonyl (C=O) groups is 3. The number of hydrogen-bond donors (Lipinski definition) is 1. The van der Waals surface area contributed by atoms with Crippen LogP contribution in [0.2, 0.25) is 5.02 Å². The van der Waals surface area contributed by atoms with Crippen LogP contribution in [-0.2, 0) is 9.59 Å². The van der Waals surface area contributed by atoms with E-state index in [1.54, 1.807) is 6.07 Å². The van der Waals surface area contributed by atoms with Crippen LogP contribution in [0.3, 0.4) is 0 Å². The number of aryl methyl sites for hydroxylation is 2. The molecule has 2 aromatic rings. The molecule has 1 aliphatic rings. The van der Waals surface area contributed by atoms with Crippen LogP contribution in [0, 0.1) is 19.7 Å². The van der Waals surface area contributed by atoms with Crippen molar-refractivity contribution < 1.29 is 18.8 Å². The number of imide groups is 1. The standard InChI is InChI=1S/C20H16ClFN2O3S/c1-11-6-7-12(2)16(8-11)23-18(25)10-24-19(26)17(28-20(24)27)9-13-14(21)4-3-5-15(13)22/h3-9H,10H2,1-2H3,(H,23,25)/b17-9-. The third-order valence-corrected chi connectivity index (χ3v) is 5.35. The summed E-state index contributed by atoms with van der Waals surface area (Å²) in [6.07, 6.45) is 1.23. The van der Waals surface area contributed by atoms with Gasteiger partial charge >= 0.3 is 0 Å². The van der Waals surface area contributed by atoms with Crippen molar-refractivity contribution in [1.82, 2.24) is 4.90 Å². The van der Waals surface area contributed by atoms with Gasteiger partial charge in [-0.05, 0) is 61.0 Å². The lowest BCUT2D eigenvalue weighted by Crippen LogP contribution is -2.36. The van der Waals surface area contributed by atoms with Crippen LogP contribution >= 0.6 is 23.4 Å². The average molecular weight is 419 g/mol. The van der Waals surface area contributed by atoms with Crippen molar-refractivity contribution in [3.8, 4) is 0 Å². The van der Waals surface area contributed by atoms with Gasteiger partial charge in [-0.15, -0.1) is 0 Å². The zero-order chi connectivity index (χ0) is 20.4. The highest BCUT2D eigenvalue weighted by molar-refractivity contribution is 8.18. The van der Waals surface area contributed by atoms with Crippen molar-refractivity contribution in [2.75, 3.05) is 11.9 Å². The van der Waals surface area contributed by atoms with Crippen molar-refractivity contribution in [3.05, 3.63) is 68.8 Å². The van der Waals surface area contributed by atoms with Gasteiger partial charge in [0.25, 0.3) is 11.1 Å². The van der Waals surface area contributed by atoms with Crippen molar-refractivity contribution in [2.24, 2.45) is 0 Å². The first-order valence-electron chi connectivity index (χ1n) is 8.32. The molecule has 1 N–H and O–H groups in total. The Labute approximate surface area is 170 Å². The molecule has 0 aliphatic carbocycles. The van der Waals surface area contributed by atoms with E-state index < -0.39 is 29.4 Å². The largest absolute Gasteiger partial charge is 0.324 e. The summed E-state index contributed by atoms with van der Waals surface area (Å²) in [4.78, 5) is 37.9. The van der Waals surface area contributed by atoms with Gasteiger partial charge in [-0.25, -0.2) is 4.39 Å². The van der Waals surface area contributed by atoms with Gasteiger partial charge in [0, 0.05) is 11.3 Å². The maximum Gasteiger partial charge on any atom is 0.294 e. The Bertz CT molecular complexity index is 1000. The number of nitrogens with zero attached hydrogens (tertiary/aromatic N) is 1. The topological polar surface area (TPSA) is 66.5 Å². The predicted octanol–water partition coefficient (Wildman–Crippen LogP) is 4.77. The number of thioether (sulfide) groups is 1. The fourth-order valence-corrected chi connectivity index (χ4v) is 3.66. The second kappa shape index (κ2) is 8.16. The number of nitrogens with one attached hydrogen (secondary N) is 1. The lowest BCUT2D eigenvalue weighted by Gasteiger charge is -2.14. The number of carbonyl (C=O) groups excluding carboxylic acids is 3. The molecule has 2 aromatic carbocycles. The molecule has 1 heterocycles. The van der Waals surface area contributed by atoms with Gasteiger partial charge in [-0.2, -0.15) is 0 Å². The fourth-order valence-electron chi connectivity index (χ4n) is 2.62. The van der Waals surface area contributed by atoms with E-state index in [-0.39, 0.29) is 15.5 Å². The van der Waals surface area contributed by atoms with Crippen molar-refractivity contribution in [2.45, 2.75) is 13.8 Å². The molecule has 0 radical (unpaired) electrons. The van der Waals surface area contributed by atoms with Crippen LogP contribution in [0.15, 0.2) is 41.3 Å². The third kappa shape index (κ3) is 4.26. The van der Waals surface area contributed by atoms with Gasteiger partial charge in [-0.3, -0.25) is 19.3 Å². The molecule has 5 nitrogen and oxygen atoms in total. The van der Waals surface area contributed by atoms with Crippen LogP contribution < -0.4 is 5.32 Å². The summed E-state index contributed by atoms with van der Waals surface area (Å²) in [7, 11) is 0. The lowest BCUT2D eigenvalue weighted by molar-refractivity contribution is -0.127. The summed E-state index contributed by atoms with van der Waals surface area (Å²) in [5, 5.41) is 2.23. The van der Waals surface area contributed by atoms with Crippen molar-refractivity contribution in [1.29, 1.82) is 0 Å². The monoisotopic (exact) mass is 418 g/mol. The molecule has 1 aliphatic heterocycles. The number of anilines is 1. The molecule has 3 rings (SSSR count). The minimum atomic E-state index is -0.662. The zero-order valence-electron chi connectivity index (χ0n) is 15.1. The fraction of sp³-hybridized carbons (Fsp3) is 0.150. The third-order valence-electron chi connectivity index (χ3n) is 4.12. The predicted molar refractivity (Wildman–Crippen MR) is 109 cm³/mol. The van der Waals surface area contributed by atoms with Crippen LogP contribution in [0.25, 0.3) is 6.08 Å². The smallest absolute Gasteiger partial charge is 0.294 e. The van der Waals surface area contributed by atoms with Gasteiger partial charge in [0.05, 0.1) is 9.93 Å². The van der Waals surface area contributed by atoms with Crippen molar-refractivity contribution in [3.63, 3.8) is 0 Å². The van der Waals surface area contributed by atoms with E-state index in [2.05, 4.69) is 5.32 Å². The van der Waals surface area contributed by atoms with E-state index in [4.69, 9.17) is 11.6 Å². The number of rotatable bonds is 4. The molecular formula is C20H16ClFN2O3S. The first-order valence-corrected chi connectivity index (χ1v) is 9.52. The van der Waals surface area contributed by atoms with E-state index in [1.807, 2.05) is 26.0 Å². The molecule has 0 spiro atoms. The summed E-state index contributed by atoms with van der Waals surface area (Å²) in [5.74, 6) is -1.77. The minimum Gasteiger partial charge on any atom is -0.324 e. The van der Waals surface area contributed by atoms with E-state index in [9.17, 15) is 18.8 Å². The Hall–Kier alpha value is -2.64. The molecule has 1 saturated heterocycles. The summed E-state index contributed by atoms with van der Waals surface area (Å²) >= 11 is 6.60. The molecule has 0 atom stereocenters. The molecule has 1 fully saturated rings. The average Bonchev–Trinajstić information content (AvgIpc) is 2.89. The first kappa shape index (κ1) is 20.1. The van der Waals surface area contributed by atoms with E-state index >= 15 is 0 Å². The number of benzene rings is 2. The van der Waals surface area contributed by atoms with Crippen LogP contribution in [0.5, 0.6) is 0 Å². The zero-order valence-corrected chi connectivity index (χ0v) is 16.7. The summed E-state index contributed by atoms with van der Waals surface area (Å²) in [5.41, 5.74) is 2.47. The normalized spacial score (nSPS) is 15.4. The number of halogens is 2. The van der Waals surface area contributed by atoms with Gasteiger partial charge in [0.1, 0.15) is 12.4 Å². The molecule has 0 bridgehead atoms. The molecule has 8 heteroatoms. The molecule has 0 aromatic heterocycles. The van der Waals surface area contributed by atoms with Crippen LogP contribution in [0.1, 0.15) is 16.7 Å². The van der Waals surface area contributed by atoms with E-state index in [0.29, 0.717) is 17.4 Å². The molecule has 28 heavy (non-hydrogen) atoms. The van der Waals surface area contributed by atoms with Gasteiger partial charge in [0.15, 0.2) is 0 Å². The Morgan fingerprint density at radius 2 is 2.00 bits per heavy atom. The second-order valence-electron chi connectivity index (χ2n) is 6.27. The molecule has 0 unspecified atom stereocenters. The summed E-state index contributed by atoms with van der Waals surface area (Å²) in [6.45, 7) is 3.31. The highest BCUT2D eigenvalue weighted by Crippen LogP contribution is 2.34. The molecule has 3 amide bonds. The van der Waals surface area contributed by atoms with Crippen LogP contribution in [0.4, 0.5) is 14.9 Å². The van der Waals surface area contributed by atoms with E-state index in [1.165, 1.54) is 24.3 Å². The highest BCUT2D eigenvalue weighted by Gasteiger charge is 2.36. The maximum atomic E-state index is 13.9. The number of hydrogen-bond acceptors (Lipinski definition) is 4. The molecule has 144 valence electrons. The number of amides is 3. The van der Waals surface area contributed by atoms with E-state index in [0.717, 1.165) is 16.0 Å². The quantitative estimate of drug-likeness (QED) is 0.726. The minimum absolute atomic E-state index is 0.0107. The Balaban J connectivity index is 1.76. The lowest BCUT2D eigenvalue weighted by atomic mass is 10.1. The second-order valence-corrected chi connectivity index (χ2v) is 7.67. The Kier molecular flexibility index (Phi) is 5.86. The van der Waals surface area contributed by atoms with Gasteiger partial charge < -0.3 is 5.32 Å².